The lowest BCUT2D eigenvalue weighted by Crippen LogP contribution is -2.21. The van der Waals surface area contributed by atoms with Crippen LogP contribution in [0.15, 0.2) is 48.5 Å². The van der Waals surface area contributed by atoms with E-state index in [1.165, 1.54) is 13.8 Å². The fraction of sp³-hybridized carbons (Fsp3) is 0.167. The van der Waals surface area contributed by atoms with Crippen molar-refractivity contribution in [3.8, 4) is 0 Å². The summed E-state index contributed by atoms with van der Waals surface area (Å²) in [5.74, 6) is -0.341. The maximum Gasteiger partial charge on any atom is 0.243 e. The molecule has 0 aliphatic rings. The SMILES string of the molecule is CC(=O)Nc1ccc(NC(=O)CNc2ccc(C(C)=O)cc2)cc1. The van der Waals surface area contributed by atoms with E-state index in [4.69, 9.17) is 0 Å². The van der Waals surface area contributed by atoms with Crippen molar-refractivity contribution >= 4 is 34.7 Å². The average Bonchev–Trinajstić information content (AvgIpc) is 2.54. The molecule has 2 rings (SSSR count). The zero-order chi connectivity index (χ0) is 17.5. The van der Waals surface area contributed by atoms with Crippen molar-refractivity contribution in [1.29, 1.82) is 0 Å². The third-order valence-corrected chi connectivity index (χ3v) is 3.23. The van der Waals surface area contributed by atoms with Gasteiger partial charge in [0.05, 0.1) is 6.54 Å². The second-order valence-electron chi connectivity index (χ2n) is 5.29. The molecule has 0 aromatic heterocycles. The summed E-state index contributed by atoms with van der Waals surface area (Å²) in [6, 6.07) is 13.8. The summed E-state index contributed by atoms with van der Waals surface area (Å²) in [6.45, 7) is 3.05. The molecule has 2 aromatic carbocycles. The van der Waals surface area contributed by atoms with E-state index in [2.05, 4.69) is 16.0 Å². The van der Waals surface area contributed by atoms with Crippen molar-refractivity contribution in [2.24, 2.45) is 0 Å². The first-order valence-electron chi connectivity index (χ1n) is 7.46. The topological polar surface area (TPSA) is 87.3 Å². The summed E-state index contributed by atoms with van der Waals surface area (Å²) in [5.41, 5.74) is 2.70. The first kappa shape index (κ1) is 17.2. The van der Waals surface area contributed by atoms with Gasteiger partial charge in [-0.05, 0) is 55.5 Å². The van der Waals surface area contributed by atoms with Crippen molar-refractivity contribution in [3.63, 3.8) is 0 Å². The summed E-state index contributed by atoms with van der Waals surface area (Å²) in [5, 5.41) is 8.40. The number of amides is 2. The maximum atomic E-state index is 11.9. The molecule has 0 saturated carbocycles. The molecule has 3 N–H and O–H groups in total. The minimum atomic E-state index is -0.196. The lowest BCUT2D eigenvalue weighted by molar-refractivity contribution is -0.115. The van der Waals surface area contributed by atoms with Gasteiger partial charge in [0.15, 0.2) is 5.78 Å². The second kappa shape index (κ2) is 7.92. The largest absolute Gasteiger partial charge is 0.376 e. The Morgan fingerprint density at radius 2 is 1.25 bits per heavy atom. The molecule has 124 valence electrons. The van der Waals surface area contributed by atoms with Crippen LogP contribution in [0.4, 0.5) is 17.1 Å². The van der Waals surface area contributed by atoms with Gasteiger partial charge in [-0.1, -0.05) is 0 Å². The van der Waals surface area contributed by atoms with Crippen LogP contribution in [-0.2, 0) is 9.59 Å². The summed E-state index contributed by atoms with van der Waals surface area (Å²) in [4.78, 5) is 34.1. The molecule has 0 bridgehead atoms. The Balaban J connectivity index is 1.84. The zero-order valence-electron chi connectivity index (χ0n) is 13.6. The summed E-state index contributed by atoms with van der Waals surface area (Å²) in [6.07, 6.45) is 0. The smallest absolute Gasteiger partial charge is 0.243 e. The van der Waals surface area contributed by atoms with E-state index in [1.807, 2.05) is 0 Å². The molecule has 0 unspecified atom stereocenters. The normalized spacial score (nSPS) is 9.92. The predicted octanol–water partition coefficient (Wildman–Crippen LogP) is 2.90. The fourth-order valence-corrected chi connectivity index (χ4v) is 2.05. The van der Waals surface area contributed by atoms with Crippen LogP contribution < -0.4 is 16.0 Å². The molecule has 0 fully saturated rings. The molecule has 0 saturated heterocycles. The number of benzene rings is 2. The highest BCUT2D eigenvalue weighted by molar-refractivity contribution is 5.95. The molecule has 6 nitrogen and oxygen atoms in total. The number of hydrogen-bond donors (Lipinski definition) is 3. The van der Waals surface area contributed by atoms with Crippen LogP contribution in [-0.4, -0.2) is 24.1 Å². The Morgan fingerprint density at radius 1 is 0.750 bits per heavy atom. The Kier molecular flexibility index (Phi) is 5.68. The molecule has 2 aromatic rings. The molecule has 0 aliphatic heterocycles. The number of anilines is 3. The number of hydrogen-bond acceptors (Lipinski definition) is 4. The van der Waals surface area contributed by atoms with Crippen LogP contribution in [0.25, 0.3) is 0 Å². The molecule has 0 spiro atoms. The number of Topliss-reactive ketones (excluding diaryl/α,β-unsaturated/α-hetero) is 1. The van der Waals surface area contributed by atoms with Crippen LogP contribution in [0.2, 0.25) is 0 Å². The average molecular weight is 325 g/mol. The number of rotatable bonds is 6. The van der Waals surface area contributed by atoms with Gasteiger partial charge in [-0.15, -0.1) is 0 Å². The van der Waals surface area contributed by atoms with Crippen LogP contribution in [0.1, 0.15) is 24.2 Å². The number of carbonyl (C=O) groups is 3. The Morgan fingerprint density at radius 3 is 1.75 bits per heavy atom. The van der Waals surface area contributed by atoms with E-state index in [0.29, 0.717) is 16.9 Å². The van der Waals surface area contributed by atoms with Crippen molar-refractivity contribution in [2.75, 3.05) is 22.5 Å². The van der Waals surface area contributed by atoms with Crippen molar-refractivity contribution in [3.05, 3.63) is 54.1 Å². The number of ketones is 1. The number of carbonyl (C=O) groups excluding carboxylic acids is 3. The minimum absolute atomic E-state index is 0.00185. The van der Waals surface area contributed by atoms with Gasteiger partial charge in [0.1, 0.15) is 0 Å². The van der Waals surface area contributed by atoms with Crippen LogP contribution >= 0.6 is 0 Å². The first-order chi connectivity index (χ1) is 11.4. The van der Waals surface area contributed by atoms with Gasteiger partial charge in [0, 0.05) is 29.5 Å². The lowest BCUT2D eigenvalue weighted by Gasteiger charge is -2.09. The lowest BCUT2D eigenvalue weighted by atomic mass is 10.1. The quantitative estimate of drug-likeness (QED) is 0.713. The highest BCUT2D eigenvalue weighted by Crippen LogP contribution is 2.14. The van der Waals surface area contributed by atoms with Gasteiger partial charge in [0.25, 0.3) is 0 Å². The molecular formula is C18H19N3O3. The highest BCUT2D eigenvalue weighted by atomic mass is 16.2. The van der Waals surface area contributed by atoms with Gasteiger partial charge < -0.3 is 16.0 Å². The van der Waals surface area contributed by atoms with Gasteiger partial charge in [-0.2, -0.15) is 0 Å². The van der Waals surface area contributed by atoms with Gasteiger partial charge in [-0.25, -0.2) is 0 Å². The highest BCUT2D eigenvalue weighted by Gasteiger charge is 2.04. The standard InChI is InChI=1S/C18H19N3O3/c1-12(22)14-3-5-15(6-4-14)19-11-18(24)21-17-9-7-16(8-10-17)20-13(2)23/h3-10,19H,11H2,1-2H3,(H,20,23)(H,21,24). The van der Waals surface area contributed by atoms with Gasteiger partial charge >= 0.3 is 0 Å². The maximum absolute atomic E-state index is 11.9. The Bertz CT molecular complexity index is 737. The Hall–Kier alpha value is -3.15. The summed E-state index contributed by atoms with van der Waals surface area (Å²) < 4.78 is 0. The molecule has 0 atom stereocenters. The molecule has 24 heavy (non-hydrogen) atoms. The molecular weight excluding hydrogens is 306 g/mol. The monoisotopic (exact) mass is 325 g/mol. The van der Waals surface area contributed by atoms with E-state index in [1.54, 1.807) is 48.5 Å². The first-order valence-corrected chi connectivity index (χ1v) is 7.46. The molecule has 6 heteroatoms. The van der Waals surface area contributed by atoms with Crippen molar-refractivity contribution in [1.82, 2.24) is 0 Å². The van der Waals surface area contributed by atoms with Gasteiger partial charge in [0.2, 0.25) is 11.8 Å². The number of nitrogens with one attached hydrogen (secondary N) is 3. The van der Waals surface area contributed by atoms with Crippen LogP contribution in [0, 0.1) is 0 Å². The summed E-state index contributed by atoms with van der Waals surface area (Å²) in [7, 11) is 0. The van der Waals surface area contributed by atoms with Crippen LogP contribution in [0.5, 0.6) is 0 Å². The van der Waals surface area contributed by atoms with Gasteiger partial charge in [-0.3, -0.25) is 14.4 Å². The third kappa shape index (κ3) is 5.24. The third-order valence-electron chi connectivity index (χ3n) is 3.23. The van der Waals surface area contributed by atoms with E-state index >= 15 is 0 Å². The van der Waals surface area contributed by atoms with Crippen LogP contribution in [0.3, 0.4) is 0 Å². The minimum Gasteiger partial charge on any atom is -0.376 e. The fourth-order valence-electron chi connectivity index (χ4n) is 2.05. The molecule has 0 heterocycles. The van der Waals surface area contributed by atoms with Crippen molar-refractivity contribution in [2.45, 2.75) is 13.8 Å². The molecule has 0 aliphatic carbocycles. The summed E-state index contributed by atoms with van der Waals surface area (Å²) >= 11 is 0. The Labute approximate surface area is 140 Å². The predicted molar refractivity (Wildman–Crippen MR) is 94.3 cm³/mol. The van der Waals surface area contributed by atoms with E-state index in [9.17, 15) is 14.4 Å². The van der Waals surface area contributed by atoms with E-state index in [0.717, 1.165) is 5.69 Å². The zero-order valence-corrected chi connectivity index (χ0v) is 13.6. The van der Waals surface area contributed by atoms with E-state index < -0.39 is 0 Å². The second-order valence-corrected chi connectivity index (χ2v) is 5.29. The van der Waals surface area contributed by atoms with Crippen molar-refractivity contribution < 1.29 is 14.4 Å². The van der Waals surface area contributed by atoms with E-state index in [-0.39, 0.29) is 24.1 Å². The molecule has 2 amide bonds. The molecule has 0 radical (unpaired) electrons.